The van der Waals surface area contributed by atoms with E-state index in [1.165, 1.54) is 5.56 Å². The Kier molecular flexibility index (Phi) is 3.67. The van der Waals surface area contributed by atoms with Gasteiger partial charge >= 0.3 is 0 Å². The van der Waals surface area contributed by atoms with Crippen LogP contribution in [0.25, 0.3) is 0 Å². The van der Waals surface area contributed by atoms with E-state index in [0.717, 1.165) is 17.1 Å². The van der Waals surface area contributed by atoms with Crippen molar-refractivity contribution in [3.8, 4) is 0 Å². The van der Waals surface area contributed by atoms with Crippen LogP contribution in [0.15, 0.2) is 30.3 Å². The van der Waals surface area contributed by atoms with E-state index >= 15 is 0 Å². The van der Waals surface area contributed by atoms with Crippen molar-refractivity contribution in [2.75, 3.05) is 11.9 Å². The molecule has 0 aliphatic rings. The van der Waals surface area contributed by atoms with E-state index in [1.54, 1.807) is 0 Å². The molecule has 1 unspecified atom stereocenters. The van der Waals surface area contributed by atoms with Crippen molar-refractivity contribution in [2.24, 2.45) is 12.8 Å². The van der Waals surface area contributed by atoms with E-state index in [4.69, 9.17) is 5.73 Å². The van der Waals surface area contributed by atoms with E-state index in [0.29, 0.717) is 6.54 Å². The van der Waals surface area contributed by atoms with Gasteiger partial charge in [0, 0.05) is 31.4 Å². The van der Waals surface area contributed by atoms with Gasteiger partial charge in [0.15, 0.2) is 0 Å². The van der Waals surface area contributed by atoms with Crippen LogP contribution in [-0.4, -0.2) is 16.3 Å². The Morgan fingerprint density at radius 1 is 1.28 bits per heavy atom. The second-order valence-corrected chi connectivity index (χ2v) is 4.69. The molecule has 4 nitrogen and oxygen atoms in total. The summed E-state index contributed by atoms with van der Waals surface area (Å²) < 4.78 is 1.85. The highest BCUT2D eigenvalue weighted by Gasteiger charge is 2.07. The highest BCUT2D eigenvalue weighted by atomic mass is 15.3. The van der Waals surface area contributed by atoms with Gasteiger partial charge in [-0.3, -0.25) is 4.68 Å². The van der Waals surface area contributed by atoms with Crippen LogP contribution < -0.4 is 11.1 Å². The van der Waals surface area contributed by atoms with Crippen molar-refractivity contribution in [1.82, 2.24) is 9.78 Å². The molecule has 0 radical (unpaired) electrons. The fraction of sp³-hybridized carbons (Fsp3) is 0.357. The van der Waals surface area contributed by atoms with Crippen LogP contribution in [0.5, 0.6) is 0 Å². The zero-order valence-corrected chi connectivity index (χ0v) is 11.1. The fourth-order valence-corrected chi connectivity index (χ4v) is 1.79. The van der Waals surface area contributed by atoms with Gasteiger partial charge in [0.1, 0.15) is 5.82 Å². The van der Waals surface area contributed by atoms with Gasteiger partial charge < -0.3 is 11.1 Å². The molecule has 0 aliphatic heterocycles. The molecule has 0 saturated carbocycles. The minimum absolute atomic E-state index is 0.0205. The number of nitrogens with two attached hydrogens (primary N) is 1. The third-order valence-electron chi connectivity index (χ3n) is 3.12. The van der Waals surface area contributed by atoms with Crippen molar-refractivity contribution in [1.29, 1.82) is 0 Å². The van der Waals surface area contributed by atoms with Gasteiger partial charge in [-0.15, -0.1) is 0 Å². The van der Waals surface area contributed by atoms with Crippen molar-refractivity contribution in [3.05, 3.63) is 47.2 Å². The van der Waals surface area contributed by atoms with E-state index in [2.05, 4.69) is 41.6 Å². The zero-order valence-electron chi connectivity index (χ0n) is 11.1. The van der Waals surface area contributed by atoms with Gasteiger partial charge in [0.25, 0.3) is 0 Å². The predicted molar refractivity (Wildman–Crippen MR) is 74.5 cm³/mol. The van der Waals surface area contributed by atoms with Gasteiger partial charge in [0.2, 0.25) is 0 Å². The second kappa shape index (κ2) is 5.23. The average molecular weight is 244 g/mol. The van der Waals surface area contributed by atoms with Crippen LogP contribution in [0.2, 0.25) is 0 Å². The molecule has 0 spiro atoms. The number of nitrogens with one attached hydrogen (secondary N) is 1. The molecule has 3 N–H and O–H groups in total. The first-order valence-corrected chi connectivity index (χ1v) is 6.13. The lowest BCUT2D eigenvalue weighted by atomic mass is 10.1. The van der Waals surface area contributed by atoms with Crippen LogP contribution in [0, 0.1) is 13.8 Å². The van der Waals surface area contributed by atoms with E-state index < -0.39 is 0 Å². The van der Waals surface area contributed by atoms with Gasteiger partial charge in [-0.25, -0.2) is 0 Å². The van der Waals surface area contributed by atoms with Gasteiger partial charge in [-0.05, 0) is 19.4 Å². The molecule has 1 aromatic heterocycles. The Morgan fingerprint density at radius 3 is 2.50 bits per heavy atom. The number of aromatic nitrogens is 2. The van der Waals surface area contributed by atoms with E-state index in [9.17, 15) is 0 Å². The fourth-order valence-electron chi connectivity index (χ4n) is 1.79. The van der Waals surface area contributed by atoms with Gasteiger partial charge in [-0.2, -0.15) is 5.10 Å². The van der Waals surface area contributed by atoms with Crippen LogP contribution in [-0.2, 0) is 7.05 Å². The predicted octanol–water partition coefficient (Wildman–Crippen LogP) is 2.15. The molecule has 0 aliphatic carbocycles. The number of hydrogen-bond donors (Lipinski definition) is 2. The standard InChI is InChI=1S/C14H20N4/c1-10-4-6-12(7-5-10)13(15)9-16-14-8-11(2)18(3)17-14/h4-8,13H,9,15H2,1-3H3,(H,16,17). The minimum Gasteiger partial charge on any atom is -0.367 e. The summed E-state index contributed by atoms with van der Waals surface area (Å²) in [6.07, 6.45) is 0. The maximum Gasteiger partial charge on any atom is 0.148 e. The summed E-state index contributed by atoms with van der Waals surface area (Å²) >= 11 is 0. The second-order valence-electron chi connectivity index (χ2n) is 4.69. The van der Waals surface area contributed by atoms with Crippen LogP contribution >= 0.6 is 0 Å². The highest BCUT2D eigenvalue weighted by molar-refractivity contribution is 5.36. The first-order valence-electron chi connectivity index (χ1n) is 6.13. The smallest absolute Gasteiger partial charge is 0.148 e. The van der Waals surface area contributed by atoms with Gasteiger partial charge in [-0.1, -0.05) is 29.8 Å². The monoisotopic (exact) mass is 244 g/mol. The minimum atomic E-state index is -0.0205. The molecule has 2 aromatic rings. The molecule has 2 rings (SSSR count). The molecule has 18 heavy (non-hydrogen) atoms. The SMILES string of the molecule is Cc1ccc(C(N)CNc2cc(C)n(C)n2)cc1. The number of rotatable bonds is 4. The molecule has 1 aromatic carbocycles. The van der Waals surface area contributed by atoms with Crippen molar-refractivity contribution < 1.29 is 0 Å². The Bertz CT molecular complexity index is 494. The number of anilines is 1. The maximum absolute atomic E-state index is 6.14. The Morgan fingerprint density at radius 2 is 1.94 bits per heavy atom. The third kappa shape index (κ3) is 2.90. The summed E-state index contributed by atoms with van der Waals surface area (Å²) in [4.78, 5) is 0. The Labute approximate surface area is 108 Å². The molecule has 1 atom stereocenters. The number of benzene rings is 1. The third-order valence-corrected chi connectivity index (χ3v) is 3.12. The first kappa shape index (κ1) is 12.6. The summed E-state index contributed by atoms with van der Waals surface area (Å²) in [6.45, 7) is 4.78. The highest BCUT2D eigenvalue weighted by Crippen LogP contribution is 2.13. The summed E-state index contributed by atoms with van der Waals surface area (Å²) in [5, 5.41) is 7.60. The number of aryl methyl sites for hydroxylation is 3. The van der Waals surface area contributed by atoms with Crippen molar-refractivity contribution in [3.63, 3.8) is 0 Å². The Balaban J connectivity index is 1.95. The zero-order chi connectivity index (χ0) is 13.1. The molecule has 96 valence electrons. The van der Waals surface area contributed by atoms with Crippen LogP contribution in [0.3, 0.4) is 0 Å². The molecule has 0 bridgehead atoms. The number of hydrogen-bond acceptors (Lipinski definition) is 3. The molecule has 1 heterocycles. The first-order chi connectivity index (χ1) is 8.56. The normalized spacial score (nSPS) is 12.4. The lowest BCUT2D eigenvalue weighted by Gasteiger charge is -2.12. The average Bonchev–Trinajstić information content (AvgIpc) is 2.67. The summed E-state index contributed by atoms with van der Waals surface area (Å²) in [6, 6.07) is 10.3. The van der Waals surface area contributed by atoms with E-state index in [1.807, 2.05) is 24.7 Å². The molecular weight excluding hydrogens is 224 g/mol. The molecule has 0 amide bonds. The van der Waals surface area contributed by atoms with Gasteiger partial charge in [0.05, 0.1) is 0 Å². The lowest BCUT2D eigenvalue weighted by molar-refractivity contribution is 0.729. The summed E-state index contributed by atoms with van der Waals surface area (Å²) in [5.41, 5.74) is 9.66. The summed E-state index contributed by atoms with van der Waals surface area (Å²) in [7, 11) is 1.93. The molecular formula is C14H20N4. The quantitative estimate of drug-likeness (QED) is 0.866. The van der Waals surface area contributed by atoms with Crippen molar-refractivity contribution in [2.45, 2.75) is 19.9 Å². The molecule has 4 heteroatoms. The van der Waals surface area contributed by atoms with Crippen LogP contribution in [0.1, 0.15) is 22.9 Å². The molecule has 0 saturated heterocycles. The topological polar surface area (TPSA) is 55.9 Å². The lowest BCUT2D eigenvalue weighted by Crippen LogP contribution is -2.20. The Hall–Kier alpha value is -1.81. The van der Waals surface area contributed by atoms with Crippen LogP contribution in [0.4, 0.5) is 5.82 Å². The maximum atomic E-state index is 6.14. The van der Waals surface area contributed by atoms with E-state index in [-0.39, 0.29) is 6.04 Å². The number of nitrogens with zero attached hydrogens (tertiary/aromatic N) is 2. The van der Waals surface area contributed by atoms with Crippen molar-refractivity contribution >= 4 is 5.82 Å². The summed E-state index contributed by atoms with van der Waals surface area (Å²) in [5.74, 6) is 0.873. The largest absolute Gasteiger partial charge is 0.367 e. The molecule has 0 fully saturated rings.